The minimum atomic E-state index is -3.37. The average molecular weight is 476 g/mol. The van der Waals surface area contributed by atoms with E-state index in [0.717, 1.165) is 23.4 Å². The highest BCUT2D eigenvalue weighted by Crippen LogP contribution is 2.39. The SMILES string of the molecule is O=Cc1ccccc1-c1nc2c(N3CCOCC3)nccn2c1-c1ccc2c(c1)CS(=O)(=O)N2. The Morgan fingerprint density at radius 3 is 2.74 bits per heavy atom. The molecule has 0 amide bonds. The molecule has 0 bridgehead atoms. The molecule has 1 saturated heterocycles. The van der Waals surface area contributed by atoms with Crippen LogP contribution in [0, 0.1) is 0 Å². The van der Waals surface area contributed by atoms with Crippen LogP contribution in [0.3, 0.4) is 0 Å². The number of rotatable bonds is 4. The molecule has 1 N–H and O–H groups in total. The predicted octanol–water partition coefficient (Wildman–Crippen LogP) is 2.97. The summed E-state index contributed by atoms with van der Waals surface area (Å²) in [4.78, 5) is 23.6. The molecular weight excluding hydrogens is 454 g/mol. The first-order valence-corrected chi connectivity index (χ1v) is 12.6. The Bertz CT molecular complexity index is 1540. The van der Waals surface area contributed by atoms with E-state index in [1.54, 1.807) is 18.3 Å². The van der Waals surface area contributed by atoms with Gasteiger partial charge in [0.15, 0.2) is 17.8 Å². The van der Waals surface area contributed by atoms with E-state index in [2.05, 4.69) is 14.6 Å². The number of nitrogens with zero attached hydrogens (tertiary/aromatic N) is 4. The van der Waals surface area contributed by atoms with Crippen LogP contribution >= 0.6 is 0 Å². The van der Waals surface area contributed by atoms with Gasteiger partial charge < -0.3 is 9.64 Å². The fourth-order valence-electron chi connectivity index (χ4n) is 4.61. The Balaban J connectivity index is 1.62. The number of fused-ring (bicyclic) bond motifs is 2. The van der Waals surface area contributed by atoms with Crippen LogP contribution in [0.5, 0.6) is 0 Å². The van der Waals surface area contributed by atoms with E-state index < -0.39 is 10.0 Å². The lowest BCUT2D eigenvalue weighted by Crippen LogP contribution is -2.37. The van der Waals surface area contributed by atoms with Crippen molar-refractivity contribution in [3.63, 3.8) is 0 Å². The summed E-state index contributed by atoms with van der Waals surface area (Å²) in [5.41, 5.74) is 5.40. The second-order valence-corrected chi connectivity index (χ2v) is 10.0. The van der Waals surface area contributed by atoms with Crippen LogP contribution in [0.25, 0.3) is 28.2 Å². The second-order valence-electron chi connectivity index (χ2n) is 8.29. The number of aromatic nitrogens is 3. The minimum Gasteiger partial charge on any atom is -0.378 e. The van der Waals surface area contributed by atoms with Crippen molar-refractivity contribution < 1.29 is 17.9 Å². The van der Waals surface area contributed by atoms with Gasteiger partial charge in [0.05, 0.1) is 36.0 Å². The number of carbonyl (C=O) groups is 1. The van der Waals surface area contributed by atoms with Gasteiger partial charge in [0.2, 0.25) is 10.0 Å². The molecule has 10 heteroatoms. The van der Waals surface area contributed by atoms with Crippen LogP contribution in [0.2, 0.25) is 0 Å². The fraction of sp³-hybridized carbons (Fsp3) is 0.208. The van der Waals surface area contributed by atoms with Crippen molar-refractivity contribution in [1.82, 2.24) is 14.4 Å². The van der Waals surface area contributed by atoms with Gasteiger partial charge in [-0.25, -0.2) is 18.4 Å². The van der Waals surface area contributed by atoms with Crippen molar-refractivity contribution >= 4 is 33.5 Å². The maximum absolute atomic E-state index is 12.1. The maximum atomic E-state index is 12.1. The zero-order chi connectivity index (χ0) is 23.3. The molecule has 9 nitrogen and oxygen atoms in total. The van der Waals surface area contributed by atoms with Crippen LogP contribution < -0.4 is 9.62 Å². The first-order chi connectivity index (χ1) is 16.5. The van der Waals surface area contributed by atoms with Crippen molar-refractivity contribution in [2.75, 3.05) is 35.9 Å². The maximum Gasteiger partial charge on any atom is 0.237 e. The summed E-state index contributed by atoms with van der Waals surface area (Å²) >= 11 is 0. The Labute approximate surface area is 196 Å². The van der Waals surface area contributed by atoms with Crippen LogP contribution in [-0.4, -0.2) is 55.4 Å². The molecule has 2 aromatic carbocycles. The Kier molecular flexibility index (Phi) is 4.85. The van der Waals surface area contributed by atoms with E-state index in [1.807, 2.05) is 40.9 Å². The summed E-state index contributed by atoms with van der Waals surface area (Å²) in [6.45, 7) is 2.64. The molecule has 0 saturated carbocycles. The largest absolute Gasteiger partial charge is 0.378 e. The molecule has 172 valence electrons. The van der Waals surface area contributed by atoms with Crippen molar-refractivity contribution in [2.45, 2.75) is 5.75 Å². The van der Waals surface area contributed by atoms with Crippen LogP contribution in [0.15, 0.2) is 54.9 Å². The van der Waals surface area contributed by atoms with Gasteiger partial charge in [-0.3, -0.25) is 13.9 Å². The summed E-state index contributed by atoms with van der Waals surface area (Å²) in [5.74, 6) is 0.667. The standard InChI is InChI=1S/C24H21N5O4S/c30-14-17-3-1-2-4-19(17)21-22(16-5-6-20-18(13-16)15-34(31,32)27-20)29-8-7-25-23(24(29)26-21)28-9-11-33-12-10-28/h1-8,13-14,27H,9-12,15H2. The molecule has 0 atom stereocenters. The number of hydrogen-bond acceptors (Lipinski definition) is 7. The Hall–Kier alpha value is -3.76. The molecule has 1 fully saturated rings. The summed E-state index contributed by atoms with van der Waals surface area (Å²) in [6, 6.07) is 12.8. The first-order valence-electron chi connectivity index (χ1n) is 10.9. The smallest absolute Gasteiger partial charge is 0.237 e. The Morgan fingerprint density at radius 2 is 1.91 bits per heavy atom. The molecule has 4 aromatic rings. The van der Waals surface area contributed by atoms with E-state index in [9.17, 15) is 13.2 Å². The molecule has 2 aliphatic rings. The number of anilines is 2. The number of benzene rings is 2. The van der Waals surface area contributed by atoms with Gasteiger partial charge in [0.25, 0.3) is 0 Å². The lowest BCUT2D eigenvalue weighted by molar-refractivity contribution is 0.112. The number of nitrogens with one attached hydrogen (secondary N) is 1. The average Bonchev–Trinajstić information content (AvgIpc) is 3.39. The lowest BCUT2D eigenvalue weighted by Gasteiger charge is -2.27. The third kappa shape index (κ3) is 3.42. The van der Waals surface area contributed by atoms with Gasteiger partial charge >= 0.3 is 0 Å². The number of carbonyl (C=O) groups excluding carboxylic acids is 1. The van der Waals surface area contributed by atoms with Crippen molar-refractivity contribution in [2.24, 2.45) is 0 Å². The molecule has 34 heavy (non-hydrogen) atoms. The highest BCUT2D eigenvalue weighted by Gasteiger charge is 2.27. The normalized spacial score (nSPS) is 16.9. The molecule has 6 rings (SSSR count). The van der Waals surface area contributed by atoms with Crippen LogP contribution in [-0.2, 0) is 20.5 Å². The van der Waals surface area contributed by atoms with Crippen LogP contribution in [0.1, 0.15) is 15.9 Å². The third-order valence-electron chi connectivity index (χ3n) is 6.17. The van der Waals surface area contributed by atoms with Gasteiger partial charge in [-0.2, -0.15) is 0 Å². The van der Waals surface area contributed by atoms with Crippen LogP contribution in [0.4, 0.5) is 11.5 Å². The zero-order valence-electron chi connectivity index (χ0n) is 18.1. The van der Waals surface area contributed by atoms with Gasteiger partial charge in [-0.15, -0.1) is 0 Å². The monoisotopic (exact) mass is 475 g/mol. The van der Waals surface area contributed by atoms with Gasteiger partial charge in [0.1, 0.15) is 0 Å². The third-order valence-corrected chi connectivity index (χ3v) is 7.39. The summed E-state index contributed by atoms with van der Waals surface area (Å²) in [7, 11) is -3.37. The quantitative estimate of drug-likeness (QED) is 0.452. The lowest BCUT2D eigenvalue weighted by atomic mass is 9.99. The van der Waals surface area contributed by atoms with Crippen molar-refractivity contribution in [3.8, 4) is 22.5 Å². The number of imidazole rings is 1. The predicted molar refractivity (Wildman–Crippen MR) is 129 cm³/mol. The van der Waals surface area contributed by atoms with Gasteiger partial charge in [-0.05, 0) is 17.7 Å². The second kappa shape index (κ2) is 7.93. The number of morpholine rings is 1. The van der Waals surface area contributed by atoms with E-state index >= 15 is 0 Å². The number of hydrogen-bond donors (Lipinski definition) is 1. The molecule has 2 aliphatic heterocycles. The zero-order valence-corrected chi connectivity index (χ0v) is 19.0. The molecular formula is C24H21N5O4S. The summed E-state index contributed by atoms with van der Waals surface area (Å²) in [5, 5.41) is 0. The van der Waals surface area contributed by atoms with E-state index in [-0.39, 0.29) is 5.75 Å². The molecule has 0 unspecified atom stereocenters. The van der Waals surface area contributed by atoms with Crippen molar-refractivity contribution in [3.05, 3.63) is 66.0 Å². The summed E-state index contributed by atoms with van der Waals surface area (Å²) in [6.07, 6.45) is 4.40. The number of ether oxygens (including phenoxy) is 1. The minimum absolute atomic E-state index is 0.0756. The topological polar surface area (TPSA) is 106 Å². The van der Waals surface area contributed by atoms with Gasteiger partial charge in [0, 0.05) is 42.2 Å². The van der Waals surface area contributed by atoms with E-state index in [0.29, 0.717) is 60.0 Å². The van der Waals surface area contributed by atoms with E-state index in [1.165, 1.54) is 0 Å². The highest BCUT2D eigenvalue weighted by molar-refractivity contribution is 7.92. The Morgan fingerprint density at radius 1 is 1.09 bits per heavy atom. The molecule has 0 spiro atoms. The number of sulfonamides is 1. The van der Waals surface area contributed by atoms with Gasteiger partial charge in [-0.1, -0.05) is 30.3 Å². The molecule has 4 heterocycles. The molecule has 0 radical (unpaired) electrons. The summed E-state index contributed by atoms with van der Waals surface area (Å²) < 4.78 is 34.2. The first kappa shape index (κ1) is 20.8. The van der Waals surface area contributed by atoms with E-state index in [4.69, 9.17) is 9.72 Å². The molecule has 2 aromatic heterocycles. The highest BCUT2D eigenvalue weighted by atomic mass is 32.2. The fourth-order valence-corrected chi connectivity index (χ4v) is 5.86. The number of aldehydes is 1. The van der Waals surface area contributed by atoms with Crippen molar-refractivity contribution in [1.29, 1.82) is 0 Å². The molecule has 0 aliphatic carbocycles.